The first-order chi connectivity index (χ1) is 13.3. The van der Waals surface area contributed by atoms with E-state index in [0.29, 0.717) is 24.4 Å². The van der Waals surface area contributed by atoms with Gasteiger partial charge in [0.2, 0.25) is 5.91 Å². The molecule has 4 rings (SSSR count). The van der Waals surface area contributed by atoms with Crippen LogP contribution in [-0.4, -0.2) is 66.6 Å². The fraction of sp³-hybridized carbons (Fsp3) is 0.450. The summed E-state index contributed by atoms with van der Waals surface area (Å²) >= 11 is 0. The summed E-state index contributed by atoms with van der Waals surface area (Å²) in [7, 11) is 1.98. The van der Waals surface area contributed by atoms with Crippen LogP contribution in [0, 0.1) is 0 Å². The van der Waals surface area contributed by atoms with Gasteiger partial charge >= 0.3 is 0 Å². The molecular weight excluding hydrogens is 358 g/mol. The number of pyridine rings is 1. The van der Waals surface area contributed by atoms with Crippen LogP contribution in [0.1, 0.15) is 24.2 Å². The smallest absolute Gasteiger partial charge is 0.252 e. The van der Waals surface area contributed by atoms with Gasteiger partial charge in [-0.2, -0.15) is 0 Å². The number of piperazine rings is 1. The Balaban J connectivity index is 1.75. The molecule has 2 aliphatic heterocycles. The number of fused-ring (bicyclic) bond motifs is 2. The highest BCUT2D eigenvalue weighted by atomic mass is 16.5. The van der Waals surface area contributed by atoms with Gasteiger partial charge in [-0.15, -0.1) is 0 Å². The number of ether oxygens (including phenoxy) is 1. The summed E-state index contributed by atoms with van der Waals surface area (Å²) in [4.78, 5) is 32.7. The molecule has 2 saturated heterocycles. The van der Waals surface area contributed by atoms with E-state index in [1.165, 1.54) is 0 Å². The molecule has 2 fully saturated rings. The third kappa shape index (κ3) is 3.24. The van der Waals surface area contributed by atoms with Crippen LogP contribution in [0.15, 0.2) is 24.4 Å². The van der Waals surface area contributed by atoms with Crippen LogP contribution in [0.3, 0.4) is 0 Å². The van der Waals surface area contributed by atoms with Gasteiger partial charge in [-0.3, -0.25) is 14.5 Å². The molecular formula is C20H25N5O3. The number of amides is 2. The number of hydrogen-bond donors (Lipinski definition) is 2. The lowest BCUT2D eigenvalue weighted by Crippen LogP contribution is -2.58. The van der Waals surface area contributed by atoms with Crippen LogP contribution in [0.2, 0.25) is 0 Å². The molecule has 28 heavy (non-hydrogen) atoms. The second-order valence-corrected chi connectivity index (χ2v) is 7.80. The molecule has 2 atom stereocenters. The molecule has 2 aromatic rings. The quantitative estimate of drug-likeness (QED) is 0.808. The minimum Gasteiger partial charge on any atom is -0.490 e. The monoisotopic (exact) mass is 383 g/mol. The van der Waals surface area contributed by atoms with Crippen molar-refractivity contribution in [3.63, 3.8) is 0 Å². The van der Waals surface area contributed by atoms with Crippen LogP contribution >= 0.6 is 0 Å². The Morgan fingerprint density at radius 3 is 2.86 bits per heavy atom. The summed E-state index contributed by atoms with van der Waals surface area (Å²) in [6.07, 6.45) is 1.64. The van der Waals surface area contributed by atoms with Crippen molar-refractivity contribution in [2.24, 2.45) is 5.73 Å². The van der Waals surface area contributed by atoms with Crippen molar-refractivity contribution in [1.82, 2.24) is 15.2 Å². The molecule has 3 N–H and O–H groups in total. The standard InChI is InChI=1S/C20H25N5O3/c1-11(2)28-17-7-13-12(6-14(17)19(21)27)4-5-22-20(13)25-8-15-16(9-25)24(3)10-18(26)23-15/h4-7,11,15-16H,8-10H2,1-3H3,(H2,21,27)(H,23,26). The number of primary amides is 1. The lowest BCUT2D eigenvalue weighted by atomic mass is 10.1. The Kier molecular flexibility index (Phi) is 4.58. The van der Waals surface area contributed by atoms with E-state index in [0.717, 1.165) is 23.1 Å². The van der Waals surface area contributed by atoms with Gasteiger partial charge in [0.1, 0.15) is 11.6 Å². The lowest BCUT2D eigenvalue weighted by Gasteiger charge is -2.33. The summed E-state index contributed by atoms with van der Waals surface area (Å²) in [5.74, 6) is 0.813. The van der Waals surface area contributed by atoms with Gasteiger partial charge in [-0.05, 0) is 44.5 Å². The molecule has 8 nitrogen and oxygen atoms in total. The summed E-state index contributed by atoms with van der Waals surface area (Å²) in [5, 5.41) is 4.86. The molecule has 8 heteroatoms. The largest absolute Gasteiger partial charge is 0.490 e. The highest BCUT2D eigenvalue weighted by Crippen LogP contribution is 2.34. The van der Waals surface area contributed by atoms with Crippen molar-refractivity contribution in [3.8, 4) is 5.75 Å². The van der Waals surface area contributed by atoms with Gasteiger partial charge in [-0.25, -0.2) is 4.98 Å². The molecule has 0 saturated carbocycles. The maximum absolute atomic E-state index is 11.9. The molecule has 2 unspecified atom stereocenters. The highest BCUT2D eigenvalue weighted by molar-refractivity contribution is 6.03. The number of aromatic nitrogens is 1. The third-order valence-electron chi connectivity index (χ3n) is 5.37. The van der Waals surface area contributed by atoms with Gasteiger partial charge in [0.25, 0.3) is 5.91 Å². The molecule has 0 bridgehead atoms. The van der Waals surface area contributed by atoms with Crippen molar-refractivity contribution >= 4 is 28.4 Å². The number of nitrogens with two attached hydrogens (primary N) is 1. The lowest BCUT2D eigenvalue weighted by molar-refractivity contribution is -0.125. The van der Waals surface area contributed by atoms with Gasteiger partial charge in [0.15, 0.2) is 0 Å². The molecule has 1 aromatic carbocycles. The maximum atomic E-state index is 11.9. The number of rotatable bonds is 4. The summed E-state index contributed by atoms with van der Waals surface area (Å²) in [5.41, 5.74) is 5.92. The Bertz CT molecular complexity index is 945. The average Bonchev–Trinajstić information content (AvgIpc) is 3.04. The van der Waals surface area contributed by atoms with Crippen molar-refractivity contribution < 1.29 is 14.3 Å². The zero-order valence-corrected chi connectivity index (χ0v) is 16.3. The Morgan fingerprint density at radius 1 is 1.36 bits per heavy atom. The van der Waals surface area contributed by atoms with E-state index in [1.807, 2.05) is 33.0 Å². The fourth-order valence-corrected chi connectivity index (χ4v) is 4.13. The van der Waals surface area contributed by atoms with Crippen molar-refractivity contribution in [3.05, 3.63) is 30.0 Å². The minimum atomic E-state index is -0.521. The first kappa shape index (κ1) is 18.5. The highest BCUT2D eigenvalue weighted by Gasteiger charge is 2.40. The van der Waals surface area contributed by atoms with E-state index in [-0.39, 0.29) is 24.1 Å². The average molecular weight is 383 g/mol. The Morgan fingerprint density at radius 2 is 2.14 bits per heavy atom. The predicted molar refractivity (Wildman–Crippen MR) is 107 cm³/mol. The number of nitrogens with zero attached hydrogens (tertiary/aromatic N) is 3. The number of carbonyl (C=O) groups excluding carboxylic acids is 2. The van der Waals surface area contributed by atoms with E-state index < -0.39 is 5.91 Å². The molecule has 1 aromatic heterocycles. The van der Waals surface area contributed by atoms with Crippen LogP contribution in [0.25, 0.3) is 10.8 Å². The molecule has 0 spiro atoms. The van der Waals surface area contributed by atoms with Crippen molar-refractivity contribution in [1.29, 1.82) is 0 Å². The number of anilines is 1. The normalized spacial score (nSPS) is 22.4. The van der Waals surface area contributed by atoms with Gasteiger partial charge in [0, 0.05) is 30.7 Å². The van der Waals surface area contributed by atoms with Crippen LogP contribution in [-0.2, 0) is 4.79 Å². The van der Waals surface area contributed by atoms with E-state index in [4.69, 9.17) is 10.5 Å². The number of nitrogens with one attached hydrogen (secondary N) is 1. The first-order valence-electron chi connectivity index (χ1n) is 9.47. The summed E-state index contributed by atoms with van der Waals surface area (Å²) in [6.45, 7) is 5.67. The molecule has 3 heterocycles. The maximum Gasteiger partial charge on any atom is 0.252 e. The second kappa shape index (κ2) is 6.94. The second-order valence-electron chi connectivity index (χ2n) is 7.80. The van der Waals surface area contributed by atoms with Crippen molar-refractivity contribution in [2.45, 2.75) is 32.0 Å². The van der Waals surface area contributed by atoms with E-state index >= 15 is 0 Å². The minimum absolute atomic E-state index is 0.0511. The van der Waals surface area contributed by atoms with Crippen molar-refractivity contribution in [2.75, 3.05) is 31.6 Å². The number of benzene rings is 1. The molecule has 2 aliphatic rings. The third-order valence-corrected chi connectivity index (χ3v) is 5.37. The zero-order valence-electron chi connectivity index (χ0n) is 16.3. The zero-order chi connectivity index (χ0) is 20.0. The van der Waals surface area contributed by atoms with Gasteiger partial charge in [0.05, 0.1) is 24.3 Å². The van der Waals surface area contributed by atoms with Crippen LogP contribution in [0.5, 0.6) is 5.75 Å². The van der Waals surface area contributed by atoms with E-state index in [9.17, 15) is 9.59 Å². The number of likely N-dealkylation sites (N-methyl/N-ethyl adjacent to an activating group) is 1. The molecule has 148 valence electrons. The number of carbonyl (C=O) groups is 2. The summed E-state index contributed by atoms with van der Waals surface area (Å²) in [6, 6.07) is 5.78. The topological polar surface area (TPSA) is 101 Å². The SMILES string of the molecule is CC(C)Oc1cc2c(N3CC4NC(=O)CN(C)C4C3)nccc2cc1C(N)=O. The number of hydrogen-bond acceptors (Lipinski definition) is 6. The molecule has 0 aliphatic carbocycles. The molecule has 2 amide bonds. The van der Waals surface area contributed by atoms with E-state index in [1.54, 1.807) is 12.3 Å². The van der Waals surface area contributed by atoms with Gasteiger partial charge < -0.3 is 20.7 Å². The Hall–Kier alpha value is -2.87. The van der Waals surface area contributed by atoms with Crippen LogP contribution < -0.4 is 20.7 Å². The fourth-order valence-electron chi connectivity index (χ4n) is 4.13. The van der Waals surface area contributed by atoms with Crippen LogP contribution in [0.4, 0.5) is 5.82 Å². The summed E-state index contributed by atoms with van der Waals surface area (Å²) < 4.78 is 5.85. The molecule has 0 radical (unpaired) electrons. The first-order valence-corrected chi connectivity index (χ1v) is 9.47. The Labute approximate surface area is 163 Å². The predicted octanol–water partition coefficient (Wildman–Crippen LogP) is 0.740. The van der Waals surface area contributed by atoms with Gasteiger partial charge in [-0.1, -0.05) is 0 Å². The van der Waals surface area contributed by atoms with E-state index in [2.05, 4.69) is 20.1 Å².